The second-order valence-corrected chi connectivity index (χ2v) is 5.75. The fourth-order valence-corrected chi connectivity index (χ4v) is 2.15. The van der Waals surface area contributed by atoms with E-state index in [4.69, 9.17) is 14.3 Å². The second-order valence-electron chi connectivity index (χ2n) is 4.26. The van der Waals surface area contributed by atoms with Crippen LogP contribution in [-0.2, 0) is 10.0 Å². The van der Waals surface area contributed by atoms with E-state index in [1.807, 2.05) is 0 Å². The molecule has 0 unspecified atom stereocenters. The average Bonchev–Trinajstić information content (AvgIpc) is 2.97. The largest absolute Gasteiger partial charge is 0.495 e. The smallest absolute Gasteiger partial charge is 0.291 e. The van der Waals surface area contributed by atoms with E-state index in [0.29, 0.717) is 0 Å². The van der Waals surface area contributed by atoms with Gasteiger partial charge in [-0.15, -0.1) is 0 Å². The van der Waals surface area contributed by atoms with E-state index >= 15 is 0 Å². The number of anilines is 1. The zero-order valence-electron chi connectivity index (χ0n) is 11.7. The van der Waals surface area contributed by atoms with Crippen molar-refractivity contribution in [3.63, 3.8) is 0 Å². The maximum absolute atomic E-state index is 12.0. The number of nitrogens with one attached hydrogen (secondary N) is 1. The number of amides is 1. The number of benzene rings is 1. The van der Waals surface area contributed by atoms with E-state index in [-0.39, 0.29) is 22.9 Å². The van der Waals surface area contributed by atoms with Gasteiger partial charge in [0.25, 0.3) is 21.6 Å². The van der Waals surface area contributed by atoms with E-state index in [2.05, 4.69) is 5.32 Å². The first kappa shape index (κ1) is 16.5. The van der Waals surface area contributed by atoms with Gasteiger partial charge in [-0.2, -0.15) is 0 Å². The van der Waals surface area contributed by atoms with Gasteiger partial charge in [0.05, 0.1) is 17.7 Å². The van der Waals surface area contributed by atoms with Gasteiger partial charge in [-0.05, 0) is 18.2 Å². The number of nitrogens with two attached hydrogens (primary N) is 1. The molecule has 0 saturated heterocycles. The lowest BCUT2D eigenvalue weighted by molar-refractivity contribution is -0.384. The van der Waals surface area contributed by atoms with E-state index in [1.54, 1.807) is 0 Å². The summed E-state index contributed by atoms with van der Waals surface area (Å²) in [4.78, 5) is 22.2. The molecule has 0 bridgehead atoms. The third kappa shape index (κ3) is 3.64. The van der Waals surface area contributed by atoms with E-state index in [0.717, 1.165) is 18.2 Å². The molecule has 1 heterocycles. The standard InChI is InChI=1S/C12H11N3O7S/c1-21-9-3-2-7(15(17)18)6-8(9)14-12(16)10-4-5-11(22-10)23(13,19)20/h2-6H,1H3,(H,14,16)(H2,13,19,20). The Kier molecular flexibility index (Phi) is 4.33. The van der Waals surface area contributed by atoms with Crippen LogP contribution in [0.4, 0.5) is 11.4 Å². The quantitative estimate of drug-likeness (QED) is 0.609. The topological polar surface area (TPSA) is 155 Å². The molecule has 0 aliphatic rings. The average molecular weight is 341 g/mol. The van der Waals surface area contributed by atoms with Crippen molar-refractivity contribution in [3.8, 4) is 5.75 Å². The van der Waals surface area contributed by atoms with Gasteiger partial charge in [0.15, 0.2) is 5.76 Å². The molecule has 0 saturated carbocycles. The highest BCUT2D eigenvalue weighted by molar-refractivity contribution is 7.89. The number of nitrogens with zero attached hydrogens (tertiary/aromatic N) is 1. The third-order valence-corrected chi connectivity index (χ3v) is 3.51. The molecule has 2 aromatic rings. The number of non-ortho nitro benzene ring substituents is 1. The fraction of sp³-hybridized carbons (Fsp3) is 0.0833. The van der Waals surface area contributed by atoms with Crippen LogP contribution in [0.15, 0.2) is 39.8 Å². The molecule has 11 heteroatoms. The predicted octanol–water partition coefficient (Wildman–Crippen LogP) is 1.10. The Balaban J connectivity index is 2.31. The number of nitro groups is 1. The van der Waals surface area contributed by atoms with E-state index in [9.17, 15) is 23.3 Å². The first-order valence-electron chi connectivity index (χ1n) is 5.99. The van der Waals surface area contributed by atoms with E-state index < -0.39 is 25.9 Å². The Morgan fingerprint density at radius 2 is 2.04 bits per heavy atom. The van der Waals surface area contributed by atoms with Crippen LogP contribution in [0.25, 0.3) is 0 Å². The number of hydrogen-bond donors (Lipinski definition) is 2. The Morgan fingerprint density at radius 3 is 2.57 bits per heavy atom. The first-order valence-corrected chi connectivity index (χ1v) is 7.53. The van der Waals surface area contributed by atoms with Crippen LogP contribution < -0.4 is 15.2 Å². The molecule has 2 rings (SSSR count). The second kappa shape index (κ2) is 6.06. The van der Waals surface area contributed by atoms with Crippen molar-refractivity contribution in [3.05, 3.63) is 46.2 Å². The number of ether oxygens (including phenoxy) is 1. The minimum absolute atomic E-state index is 0.0280. The summed E-state index contributed by atoms with van der Waals surface area (Å²) in [6.45, 7) is 0. The molecule has 1 aromatic carbocycles. The summed E-state index contributed by atoms with van der Waals surface area (Å²) < 4.78 is 32.0. The number of primary sulfonamides is 1. The fourth-order valence-electron chi connectivity index (χ4n) is 1.69. The van der Waals surface area contributed by atoms with Crippen molar-refractivity contribution >= 4 is 27.3 Å². The Bertz CT molecular complexity index is 873. The van der Waals surface area contributed by atoms with Gasteiger partial charge in [-0.1, -0.05) is 0 Å². The molecular weight excluding hydrogens is 330 g/mol. The van der Waals surface area contributed by atoms with Crippen LogP contribution in [0.1, 0.15) is 10.6 Å². The Hall–Kier alpha value is -2.92. The number of furan rings is 1. The minimum atomic E-state index is -4.08. The van der Waals surface area contributed by atoms with Gasteiger partial charge in [0.2, 0.25) is 5.09 Å². The Morgan fingerprint density at radius 1 is 1.35 bits per heavy atom. The number of methoxy groups -OCH3 is 1. The summed E-state index contributed by atoms with van der Waals surface area (Å²) >= 11 is 0. The molecule has 1 aromatic heterocycles. The third-order valence-electron chi connectivity index (χ3n) is 2.73. The molecule has 3 N–H and O–H groups in total. The van der Waals surface area contributed by atoms with Gasteiger partial charge < -0.3 is 14.5 Å². The first-order chi connectivity index (χ1) is 10.7. The molecule has 10 nitrogen and oxygen atoms in total. The van der Waals surface area contributed by atoms with Gasteiger partial charge in [0.1, 0.15) is 5.75 Å². The summed E-state index contributed by atoms with van der Waals surface area (Å²) in [5.74, 6) is -0.969. The number of rotatable bonds is 5. The van der Waals surface area contributed by atoms with Crippen LogP contribution in [0.5, 0.6) is 5.75 Å². The van der Waals surface area contributed by atoms with Crippen LogP contribution in [0.3, 0.4) is 0 Å². The minimum Gasteiger partial charge on any atom is -0.495 e. The molecule has 0 atom stereocenters. The van der Waals surface area contributed by atoms with Crippen LogP contribution >= 0.6 is 0 Å². The van der Waals surface area contributed by atoms with Crippen molar-refractivity contribution in [2.45, 2.75) is 5.09 Å². The zero-order chi connectivity index (χ0) is 17.2. The molecule has 23 heavy (non-hydrogen) atoms. The maximum atomic E-state index is 12.0. The molecule has 0 aliphatic heterocycles. The molecule has 1 amide bonds. The lowest BCUT2D eigenvalue weighted by Crippen LogP contribution is -2.13. The molecule has 0 aliphatic carbocycles. The highest BCUT2D eigenvalue weighted by Gasteiger charge is 2.19. The molecule has 0 radical (unpaired) electrons. The highest BCUT2D eigenvalue weighted by Crippen LogP contribution is 2.29. The number of carbonyl (C=O) groups excluding carboxylic acids is 1. The lowest BCUT2D eigenvalue weighted by Gasteiger charge is -2.08. The lowest BCUT2D eigenvalue weighted by atomic mass is 10.2. The maximum Gasteiger partial charge on any atom is 0.291 e. The van der Waals surface area contributed by atoms with Crippen molar-refractivity contribution in [2.24, 2.45) is 5.14 Å². The highest BCUT2D eigenvalue weighted by atomic mass is 32.2. The van der Waals surface area contributed by atoms with Crippen LogP contribution in [-0.4, -0.2) is 26.4 Å². The van der Waals surface area contributed by atoms with Crippen molar-refractivity contribution in [1.82, 2.24) is 0 Å². The molecular formula is C12H11N3O7S. The van der Waals surface area contributed by atoms with Crippen molar-refractivity contribution < 1.29 is 27.3 Å². The van der Waals surface area contributed by atoms with Gasteiger partial charge in [-0.3, -0.25) is 14.9 Å². The summed E-state index contributed by atoms with van der Waals surface area (Å²) in [5, 5.41) is 17.4. The summed E-state index contributed by atoms with van der Waals surface area (Å²) in [6.07, 6.45) is 0. The van der Waals surface area contributed by atoms with Crippen LogP contribution in [0.2, 0.25) is 0 Å². The Labute approximate surface area is 130 Å². The van der Waals surface area contributed by atoms with Crippen molar-refractivity contribution in [1.29, 1.82) is 0 Å². The zero-order valence-corrected chi connectivity index (χ0v) is 12.5. The molecule has 0 spiro atoms. The summed E-state index contributed by atoms with van der Waals surface area (Å²) in [6, 6.07) is 5.75. The monoisotopic (exact) mass is 341 g/mol. The normalized spacial score (nSPS) is 11.0. The van der Waals surface area contributed by atoms with Crippen LogP contribution in [0, 0.1) is 10.1 Å². The van der Waals surface area contributed by atoms with Gasteiger partial charge >= 0.3 is 0 Å². The summed E-state index contributed by atoms with van der Waals surface area (Å²) in [5.41, 5.74) is -0.231. The predicted molar refractivity (Wildman–Crippen MR) is 77.7 cm³/mol. The molecule has 122 valence electrons. The molecule has 0 fully saturated rings. The number of nitro benzene ring substituents is 1. The summed E-state index contributed by atoms with van der Waals surface area (Å²) in [7, 11) is -2.76. The number of sulfonamides is 1. The number of carbonyl (C=O) groups is 1. The van der Waals surface area contributed by atoms with Gasteiger partial charge in [-0.25, -0.2) is 13.6 Å². The van der Waals surface area contributed by atoms with E-state index in [1.165, 1.54) is 19.2 Å². The number of hydrogen-bond acceptors (Lipinski definition) is 7. The van der Waals surface area contributed by atoms with Crippen molar-refractivity contribution in [2.75, 3.05) is 12.4 Å². The SMILES string of the molecule is COc1ccc([N+](=O)[O-])cc1NC(=O)c1ccc(S(N)(=O)=O)o1. The van der Waals surface area contributed by atoms with Gasteiger partial charge in [0, 0.05) is 12.1 Å².